The summed E-state index contributed by atoms with van der Waals surface area (Å²) in [5, 5.41) is 7.61. The molecule has 2 aromatic heterocycles. The maximum absolute atomic E-state index is 12.5. The van der Waals surface area contributed by atoms with Gasteiger partial charge < -0.3 is 14.5 Å². The molecule has 0 saturated carbocycles. The Balaban J connectivity index is 1.21. The van der Waals surface area contributed by atoms with E-state index in [1.165, 1.54) is 17.7 Å². The Kier molecular flexibility index (Phi) is 4.33. The molecule has 2 saturated heterocycles. The average Bonchev–Trinajstić information content (AvgIpc) is 3.40. The number of carbonyl (C=O) groups is 1. The Morgan fingerprint density at radius 3 is 2.75 bits per heavy atom. The number of aromatic nitrogens is 4. The molecule has 8 heteroatoms. The zero-order chi connectivity index (χ0) is 19.1. The van der Waals surface area contributed by atoms with Crippen molar-refractivity contribution in [2.75, 3.05) is 37.7 Å². The van der Waals surface area contributed by atoms with Gasteiger partial charge in [-0.3, -0.25) is 4.79 Å². The van der Waals surface area contributed by atoms with E-state index in [1.807, 2.05) is 11.8 Å². The molecule has 3 aliphatic rings. The number of hydrogen-bond acceptors (Lipinski definition) is 7. The molecule has 2 atom stereocenters. The number of hydrogen-bond donors (Lipinski definition) is 0. The van der Waals surface area contributed by atoms with Crippen molar-refractivity contribution in [1.82, 2.24) is 25.1 Å². The van der Waals surface area contributed by atoms with E-state index in [0.717, 1.165) is 50.7 Å². The molecule has 5 rings (SSSR count). The van der Waals surface area contributed by atoms with Gasteiger partial charge in [0.1, 0.15) is 11.6 Å². The van der Waals surface area contributed by atoms with Gasteiger partial charge in [-0.15, -0.1) is 5.10 Å². The first-order valence-corrected chi connectivity index (χ1v) is 9.97. The molecule has 8 nitrogen and oxygen atoms in total. The summed E-state index contributed by atoms with van der Waals surface area (Å²) in [5.41, 5.74) is 2.58. The van der Waals surface area contributed by atoms with Crippen LogP contribution in [-0.4, -0.2) is 63.8 Å². The Morgan fingerprint density at radius 2 is 2.00 bits per heavy atom. The van der Waals surface area contributed by atoms with Gasteiger partial charge in [0.25, 0.3) is 5.91 Å². The van der Waals surface area contributed by atoms with Crippen LogP contribution in [0.1, 0.15) is 23.5 Å². The molecule has 2 aromatic rings. The fourth-order valence-corrected chi connectivity index (χ4v) is 4.76. The highest BCUT2D eigenvalue weighted by Gasteiger charge is 2.42. The van der Waals surface area contributed by atoms with E-state index in [4.69, 9.17) is 9.72 Å². The monoisotopic (exact) mass is 380 g/mol. The van der Waals surface area contributed by atoms with Crippen molar-refractivity contribution in [2.45, 2.75) is 26.2 Å². The van der Waals surface area contributed by atoms with Gasteiger partial charge in [-0.1, -0.05) is 0 Å². The third-order valence-electron chi connectivity index (χ3n) is 6.05. The molecule has 146 valence electrons. The molecule has 2 fully saturated rings. The van der Waals surface area contributed by atoms with Gasteiger partial charge in [0.2, 0.25) is 5.88 Å². The Bertz CT molecular complexity index is 876. The van der Waals surface area contributed by atoms with Gasteiger partial charge in [0.05, 0.1) is 0 Å². The van der Waals surface area contributed by atoms with Gasteiger partial charge in [-0.25, -0.2) is 9.97 Å². The molecule has 0 radical (unpaired) electrons. The topological polar surface area (TPSA) is 84.3 Å². The second kappa shape index (κ2) is 7.00. The molecule has 28 heavy (non-hydrogen) atoms. The third-order valence-corrected chi connectivity index (χ3v) is 6.05. The molecule has 1 aliphatic carbocycles. The van der Waals surface area contributed by atoms with Gasteiger partial charge in [-0.2, -0.15) is 5.10 Å². The van der Waals surface area contributed by atoms with Crippen LogP contribution in [0.25, 0.3) is 0 Å². The first kappa shape index (κ1) is 17.3. The maximum atomic E-state index is 12.5. The first-order chi connectivity index (χ1) is 13.7. The molecule has 1 amide bonds. The van der Waals surface area contributed by atoms with Crippen LogP contribution in [0.2, 0.25) is 0 Å². The van der Waals surface area contributed by atoms with Crippen LogP contribution >= 0.6 is 0 Å². The summed E-state index contributed by atoms with van der Waals surface area (Å²) in [6.07, 6.45) is 4.91. The highest BCUT2D eigenvalue weighted by Crippen LogP contribution is 2.37. The summed E-state index contributed by atoms with van der Waals surface area (Å²) in [6.45, 7) is 5.49. The van der Waals surface area contributed by atoms with Crippen LogP contribution in [0.4, 0.5) is 5.82 Å². The van der Waals surface area contributed by atoms with Crippen LogP contribution in [-0.2, 0) is 17.6 Å². The fourth-order valence-electron chi connectivity index (χ4n) is 4.76. The molecule has 0 spiro atoms. The third kappa shape index (κ3) is 3.16. The second-order valence-electron chi connectivity index (χ2n) is 7.95. The Labute approximate surface area is 163 Å². The van der Waals surface area contributed by atoms with E-state index >= 15 is 0 Å². The van der Waals surface area contributed by atoms with Gasteiger partial charge in [-0.05, 0) is 32.3 Å². The minimum Gasteiger partial charge on any atom is -0.466 e. The summed E-state index contributed by atoms with van der Waals surface area (Å²) in [7, 11) is 0. The lowest BCUT2D eigenvalue weighted by atomic mass is 10.0. The van der Waals surface area contributed by atoms with E-state index in [0.29, 0.717) is 17.7 Å². The number of ether oxygens (including phenoxy) is 1. The number of aryl methyl sites for hydroxylation is 2. The molecule has 0 N–H and O–H groups in total. The average molecular weight is 380 g/mol. The van der Waals surface area contributed by atoms with Crippen molar-refractivity contribution in [2.24, 2.45) is 11.8 Å². The number of likely N-dealkylation sites (tertiary alicyclic amines) is 1. The molecule has 0 aromatic carbocycles. The number of anilines is 1. The van der Waals surface area contributed by atoms with Crippen LogP contribution < -0.4 is 9.64 Å². The highest BCUT2D eigenvalue weighted by atomic mass is 16.5. The van der Waals surface area contributed by atoms with Gasteiger partial charge in [0.15, 0.2) is 6.61 Å². The molecular weight excluding hydrogens is 356 g/mol. The highest BCUT2D eigenvalue weighted by molar-refractivity contribution is 5.78. The second-order valence-corrected chi connectivity index (χ2v) is 7.95. The largest absolute Gasteiger partial charge is 0.466 e. The number of fused-ring (bicyclic) bond motifs is 2. The lowest BCUT2D eigenvalue weighted by Crippen LogP contribution is -2.36. The number of nitrogens with zero attached hydrogens (tertiary/aromatic N) is 6. The van der Waals surface area contributed by atoms with Crippen molar-refractivity contribution >= 4 is 11.7 Å². The summed E-state index contributed by atoms with van der Waals surface area (Å²) in [5.74, 6) is 3.39. The quantitative estimate of drug-likeness (QED) is 0.783. The van der Waals surface area contributed by atoms with Crippen LogP contribution in [0.3, 0.4) is 0 Å². The van der Waals surface area contributed by atoms with E-state index in [9.17, 15) is 4.79 Å². The Morgan fingerprint density at radius 1 is 1.18 bits per heavy atom. The minimum atomic E-state index is 0.0143. The van der Waals surface area contributed by atoms with E-state index in [2.05, 4.69) is 20.1 Å². The minimum absolute atomic E-state index is 0.0143. The first-order valence-electron chi connectivity index (χ1n) is 9.97. The van der Waals surface area contributed by atoms with Crippen LogP contribution in [0, 0.1) is 18.8 Å². The van der Waals surface area contributed by atoms with Crippen molar-refractivity contribution in [3.8, 4) is 5.88 Å². The summed E-state index contributed by atoms with van der Waals surface area (Å²) in [6, 6.07) is 3.45. The lowest BCUT2D eigenvalue weighted by molar-refractivity contribution is -0.132. The molecule has 2 aliphatic heterocycles. The van der Waals surface area contributed by atoms with Crippen LogP contribution in [0.5, 0.6) is 5.88 Å². The standard InChI is InChI=1S/C20H24N6O2/c1-13-22-17-5-2-4-16(17)20(23-13)26-10-14-8-25(9-15(14)11-26)19(27)12-28-18-6-3-7-21-24-18/h3,6-7,14-15H,2,4-5,8-12H2,1H3. The van der Waals surface area contributed by atoms with Crippen molar-refractivity contribution in [3.05, 3.63) is 35.4 Å². The predicted molar refractivity (Wildman–Crippen MR) is 102 cm³/mol. The van der Waals surface area contributed by atoms with Crippen molar-refractivity contribution < 1.29 is 9.53 Å². The lowest BCUT2D eigenvalue weighted by Gasteiger charge is -2.24. The molecule has 0 bridgehead atoms. The zero-order valence-electron chi connectivity index (χ0n) is 16.0. The van der Waals surface area contributed by atoms with Gasteiger partial charge >= 0.3 is 0 Å². The number of amides is 1. The van der Waals surface area contributed by atoms with E-state index < -0.39 is 0 Å². The maximum Gasteiger partial charge on any atom is 0.260 e. The molecular formula is C20H24N6O2. The number of carbonyl (C=O) groups excluding carboxylic acids is 1. The fraction of sp³-hybridized carbons (Fsp3) is 0.550. The normalized spacial score (nSPS) is 23.0. The zero-order valence-corrected chi connectivity index (χ0v) is 16.0. The SMILES string of the molecule is Cc1nc2c(c(N3CC4CN(C(=O)COc5cccnn5)CC4C3)n1)CCC2. The van der Waals surface area contributed by atoms with Gasteiger partial charge in [0, 0.05) is 61.5 Å². The Hall–Kier alpha value is -2.77. The number of rotatable bonds is 4. The smallest absolute Gasteiger partial charge is 0.260 e. The predicted octanol–water partition coefficient (Wildman–Crippen LogP) is 1.04. The van der Waals surface area contributed by atoms with Crippen LogP contribution in [0.15, 0.2) is 18.3 Å². The molecule has 4 heterocycles. The van der Waals surface area contributed by atoms with E-state index in [1.54, 1.807) is 18.3 Å². The summed E-state index contributed by atoms with van der Waals surface area (Å²) in [4.78, 5) is 26.3. The van der Waals surface area contributed by atoms with Crippen molar-refractivity contribution in [3.63, 3.8) is 0 Å². The molecule has 2 unspecified atom stereocenters. The summed E-state index contributed by atoms with van der Waals surface area (Å²) < 4.78 is 5.46. The van der Waals surface area contributed by atoms with E-state index in [-0.39, 0.29) is 12.5 Å². The van der Waals surface area contributed by atoms with Crippen molar-refractivity contribution in [1.29, 1.82) is 0 Å². The summed E-state index contributed by atoms with van der Waals surface area (Å²) >= 11 is 0.